The highest BCUT2D eigenvalue weighted by Gasteiger charge is 2.56. The zero-order valence-electron chi connectivity index (χ0n) is 22.3. The van der Waals surface area contributed by atoms with Crippen LogP contribution in [0.4, 0.5) is 0 Å². The average Bonchev–Trinajstić information content (AvgIpc) is 3.45. The van der Waals surface area contributed by atoms with E-state index in [1.165, 1.54) is 16.0 Å². The van der Waals surface area contributed by atoms with Crippen molar-refractivity contribution in [2.24, 2.45) is 17.8 Å². The Kier molecular flexibility index (Phi) is 7.98. The molecule has 2 aromatic rings. The molecular formula is C32H37NO5. The molecule has 1 N–H and O–H groups in total. The highest BCUT2D eigenvalue weighted by Crippen LogP contribution is 2.50. The van der Waals surface area contributed by atoms with Crippen molar-refractivity contribution in [2.45, 2.75) is 52.1 Å². The summed E-state index contributed by atoms with van der Waals surface area (Å²) >= 11 is 0. The minimum absolute atomic E-state index is 0.0327. The van der Waals surface area contributed by atoms with Gasteiger partial charge in [-0.1, -0.05) is 55.8 Å². The number of ether oxygens (including phenoxy) is 2. The first kappa shape index (κ1) is 26.2. The zero-order valence-corrected chi connectivity index (χ0v) is 22.3. The van der Waals surface area contributed by atoms with Gasteiger partial charge >= 0.3 is 0 Å². The van der Waals surface area contributed by atoms with Crippen LogP contribution in [0.3, 0.4) is 0 Å². The topological polar surface area (TPSA) is 76.1 Å². The number of carbonyl (C=O) groups is 2. The second kappa shape index (κ2) is 11.6. The molecule has 0 aromatic heterocycles. The van der Waals surface area contributed by atoms with Crippen molar-refractivity contribution in [3.05, 3.63) is 76.9 Å². The Bertz CT molecular complexity index is 1230. The minimum Gasteiger partial charge on any atom is -0.508 e. The molecule has 6 nitrogen and oxygen atoms in total. The molecule has 2 saturated heterocycles. The smallest absolute Gasteiger partial charge is 0.233 e. The molecule has 2 heterocycles. The van der Waals surface area contributed by atoms with E-state index in [1.807, 2.05) is 49.4 Å². The summed E-state index contributed by atoms with van der Waals surface area (Å²) < 4.78 is 12.5. The monoisotopic (exact) mass is 515 g/mol. The van der Waals surface area contributed by atoms with Gasteiger partial charge < -0.3 is 14.6 Å². The number of amides is 2. The van der Waals surface area contributed by atoms with Crippen LogP contribution in [0.1, 0.15) is 51.5 Å². The van der Waals surface area contributed by atoms with Crippen LogP contribution < -0.4 is 4.74 Å². The summed E-state index contributed by atoms with van der Waals surface area (Å²) in [7, 11) is 0. The first-order valence-electron chi connectivity index (χ1n) is 13.8. The number of imide groups is 1. The third-order valence-corrected chi connectivity index (χ3v) is 8.13. The molecule has 5 rings (SSSR count). The second-order valence-corrected chi connectivity index (χ2v) is 10.5. The number of allylic oxidation sites excluding steroid dienone is 1. The molecule has 2 aromatic carbocycles. The number of aromatic hydroxyl groups is 1. The van der Waals surface area contributed by atoms with Crippen LogP contribution >= 0.6 is 0 Å². The second-order valence-electron chi connectivity index (χ2n) is 10.5. The van der Waals surface area contributed by atoms with Gasteiger partial charge in [0.05, 0.1) is 24.5 Å². The van der Waals surface area contributed by atoms with Gasteiger partial charge in [-0.2, -0.15) is 0 Å². The summed E-state index contributed by atoms with van der Waals surface area (Å²) in [5, 5.41) is 9.84. The van der Waals surface area contributed by atoms with Crippen LogP contribution in [0.2, 0.25) is 0 Å². The number of hydrogen-bond acceptors (Lipinski definition) is 5. The number of nitrogens with zero attached hydrogens (tertiary/aromatic N) is 1. The number of benzene rings is 2. The lowest BCUT2D eigenvalue weighted by Gasteiger charge is -2.31. The molecule has 0 spiro atoms. The van der Waals surface area contributed by atoms with Crippen molar-refractivity contribution in [1.29, 1.82) is 0 Å². The summed E-state index contributed by atoms with van der Waals surface area (Å²) in [6.45, 7) is 5.48. The number of hydrogen-bond donors (Lipinski definition) is 1. The highest BCUT2D eigenvalue weighted by molar-refractivity contribution is 6.06. The fourth-order valence-corrected chi connectivity index (χ4v) is 6.32. The normalized spacial score (nSPS) is 25.1. The molecule has 1 aliphatic carbocycles. The Morgan fingerprint density at radius 3 is 2.63 bits per heavy atom. The third kappa shape index (κ3) is 5.28. The van der Waals surface area contributed by atoms with E-state index in [1.54, 1.807) is 12.1 Å². The van der Waals surface area contributed by atoms with Crippen LogP contribution in [-0.4, -0.2) is 47.7 Å². The van der Waals surface area contributed by atoms with Crippen LogP contribution in [0.15, 0.2) is 71.3 Å². The molecule has 3 aliphatic rings. The first-order valence-corrected chi connectivity index (χ1v) is 13.8. The molecule has 6 heteroatoms. The van der Waals surface area contributed by atoms with Crippen molar-refractivity contribution in [3.8, 4) is 11.5 Å². The van der Waals surface area contributed by atoms with Gasteiger partial charge in [-0.15, -0.1) is 0 Å². The van der Waals surface area contributed by atoms with E-state index >= 15 is 0 Å². The van der Waals surface area contributed by atoms with E-state index in [0.717, 1.165) is 42.6 Å². The van der Waals surface area contributed by atoms with Gasteiger partial charge in [0.2, 0.25) is 11.8 Å². The Morgan fingerprint density at radius 1 is 1.08 bits per heavy atom. The zero-order chi connectivity index (χ0) is 26.6. The molecule has 2 amide bonds. The van der Waals surface area contributed by atoms with Crippen LogP contribution in [0.5, 0.6) is 11.5 Å². The molecule has 0 radical (unpaired) electrons. The number of rotatable bonds is 10. The highest BCUT2D eigenvalue weighted by atomic mass is 16.5. The number of fused-ring (bicyclic) bond motifs is 3. The van der Waals surface area contributed by atoms with E-state index in [4.69, 9.17) is 9.47 Å². The van der Waals surface area contributed by atoms with Gasteiger partial charge in [0.1, 0.15) is 18.1 Å². The lowest BCUT2D eigenvalue weighted by atomic mass is 9.69. The maximum absolute atomic E-state index is 13.4. The lowest BCUT2D eigenvalue weighted by Crippen LogP contribution is -2.35. The molecule has 0 bridgehead atoms. The van der Waals surface area contributed by atoms with Crippen molar-refractivity contribution in [1.82, 2.24) is 4.90 Å². The summed E-state index contributed by atoms with van der Waals surface area (Å²) in [5.41, 5.74) is 4.54. The molecule has 200 valence electrons. The van der Waals surface area contributed by atoms with E-state index in [0.29, 0.717) is 26.2 Å². The third-order valence-electron chi connectivity index (χ3n) is 8.13. The quantitative estimate of drug-likeness (QED) is 0.321. The largest absolute Gasteiger partial charge is 0.508 e. The number of phenols is 1. The van der Waals surface area contributed by atoms with Gasteiger partial charge in [-0.3, -0.25) is 14.5 Å². The molecule has 2 aliphatic heterocycles. The first-order chi connectivity index (χ1) is 18.5. The van der Waals surface area contributed by atoms with E-state index in [9.17, 15) is 14.7 Å². The molecule has 0 saturated carbocycles. The Balaban J connectivity index is 1.40. The van der Waals surface area contributed by atoms with Gasteiger partial charge in [0.15, 0.2) is 0 Å². The minimum atomic E-state index is -0.331. The van der Waals surface area contributed by atoms with Crippen LogP contribution in [-0.2, 0) is 14.3 Å². The lowest BCUT2D eigenvalue weighted by molar-refractivity contribution is -0.140. The molecule has 0 unspecified atom stereocenters. The molecule has 38 heavy (non-hydrogen) atoms. The fourth-order valence-electron chi connectivity index (χ4n) is 6.32. The Labute approximate surface area is 224 Å². The van der Waals surface area contributed by atoms with Crippen LogP contribution in [0.25, 0.3) is 6.08 Å². The summed E-state index contributed by atoms with van der Waals surface area (Å²) in [5.74, 6) is 0.247. The predicted octanol–water partition coefficient (Wildman–Crippen LogP) is 5.77. The van der Waals surface area contributed by atoms with Crippen molar-refractivity contribution < 1.29 is 24.2 Å². The predicted molar refractivity (Wildman–Crippen MR) is 146 cm³/mol. The maximum Gasteiger partial charge on any atom is 0.233 e. The summed E-state index contributed by atoms with van der Waals surface area (Å²) in [4.78, 5) is 28.1. The fraction of sp³-hybridized carbons (Fsp3) is 0.438. The number of para-hydroxylation sites is 1. The van der Waals surface area contributed by atoms with Gasteiger partial charge in [0, 0.05) is 12.5 Å². The van der Waals surface area contributed by atoms with Gasteiger partial charge in [-0.05, 0) is 73.1 Å². The molecular weight excluding hydrogens is 478 g/mol. The average molecular weight is 516 g/mol. The SMILES string of the molecule is CCCN1C(=O)[C@@H]2[C@@H](CC(COc3ccccc3)=C3[C@@H](CC/C(=C/c4cccc(O)c4)CC)OC[C@@H]32)C1=O. The summed E-state index contributed by atoms with van der Waals surface area (Å²) in [6.07, 6.45) is 5.90. The van der Waals surface area contributed by atoms with Gasteiger partial charge in [-0.25, -0.2) is 0 Å². The van der Waals surface area contributed by atoms with Crippen molar-refractivity contribution in [3.63, 3.8) is 0 Å². The number of likely N-dealkylation sites (tertiary alicyclic amines) is 1. The molecule has 2 fully saturated rings. The Hall–Kier alpha value is -3.38. The van der Waals surface area contributed by atoms with Crippen LogP contribution in [0, 0.1) is 17.8 Å². The number of phenolic OH excluding ortho intramolecular Hbond substituents is 1. The van der Waals surface area contributed by atoms with E-state index in [2.05, 4.69) is 13.0 Å². The van der Waals surface area contributed by atoms with Gasteiger partial charge in [0.25, 0.3) is 0 Å². The van der Waals surface area contributed by atoms with E-state index < -0.39 is 0 Å². The number of carbonyl (C=O) groups excluding carboxylic acids is 2. The van der Waals surface area contributed by atoms with Crippen molar-refractivity contribution >= 4 is 17.9 Å². The Morgan fingerprint density at radius 2 is 1.89 bits per heavy atom. The van der Waals surface area contributed by atoms with E-state index in [-0.39, 0.29) is 41.4 Å². The van der Waals surface area contributed by atoms with Crippen molar-refractivity contribution in [2.75, 3.05) is 19.8 Å². The maximum atomic E-state index is 13.4. The molecule has 4 atom stereocenters. The summed E-state index contributed by atoms with van der Waals surface area (Å²) in [6, 6.07) is 17.0. The standard InChI is InChI=1S/C32H37NO5/c1-3-15-33-31(35)26-18-23(19-37-25-11-6-5-7-12-25)29-27(30(26)32(33)36)20-38-28(29)14-13-21(4-2)16-22-9-8-10-24(34)17-22/h5-12,16-17,26-28,30,34H,3-4,13-15,18-20H2,1-2H3/b21-16+/t26-,27+,28-,30-/m1/s1.